The molecule has 0 radical (unpaired) electrons. The number of rotatable bonds is 14. The van der Waals surface area contributed by atoms with E-state index < -0.39 is 0 Å². The Morgan fingerprint density at radius 2 is 1.02 bits per heavy atom. The van der Waals surface area contributed by atoms with Crippen LogP contribution in [-0.2, 0) is 18.4 Å². The van der Waals surface area contributed by atoms with Crippen LogP contribution in [0, 0.1) is 30.1 Å². The molecule has 8 atom stereocenters. The highest BCUT2D eigenvalue weighted by atomic mass is 14.9. The van der Waals surface area contributed by atoms with E-state index in [1.807, 2.05) is 71.9 Å². The molecule has 1 heterocycles. The molecule has 0 bridgehead atoms. The normalized spacial score (nSPS) is 17.5. The molecule has 19 N–H and O–H groups in total. The highest BCUT2D eigenvalue weighted by Gasteiger charge is 2.18. The molecule has 4 aromatic rings. The van der Waals surface area contributed by atoms with Gasteiger partial charge in [-0.1, -0.05) is 257 Å². The molecular weight excluding hydrogens is 1080 g/mol. The molecule has 0 saturated heterocycles. The van der Waals surface area contributed by atoms with E-state index in [4.69, 9.17) is 53.0 Å². The summed E-state index contributed by atoms with van der Waals surface area (Å²) in [5.41, 5.74) is 59.8. The maximum atomic E-state index is 6.21. The van der Waals surface area contributed by atoms with E-state index in [9.17, 15) is 0 Å². The van der Waals surface area contributed by atoms with Gasteiger partial charge >= 0.3 is 0 Å². The average molecular weight is 1230 g/mol. The number of hydrogen-bond acceptors (Lipinski definition) is 10. The molecule has 2 aliphatic carbocycles. The van der Waals surface area contributed by atoms with Gasteiger partial charge in [0.25, 0.3) is 0 Å². The van der Waals surface area contributed by atoms with Crippen LogP contribution in [0.5, 0.6) is 0 Å². The molecule has 10 nitrogen and oxygen atoms in total. The van der Waals surface area contributed by atoms with Crippen molar-refractivity contribution in [2.75, 3.05) is 19.6 Å². The van der Waals surface area contributed by atoms with E-state index in [0.717, 1.165) is 44.3 Å². The third-order valence-electron chi connectivity index (χ3n) is 15.7. The van der Waals surface area contributed by atoms with E-state index in [0.29, 0.717) is 49.1 Å². The number of aryl methyl sites for hydroxylation is 2. The SMILES string of the molecule is C.CC(C)(N)c1ccccc1.CC(C)C(C)N.CC(C)CC(C)N.CC(N)C(C)(C)C.CC1CCCCC1N.CC1NCCc2ccccc21.CCCCCCCN.CCCCCCN.Cc1ccc(C(C)N)cc1.NC1CCCc2ccccc21.[3H]CC. The van der Waals surface area contributed by atoms with Gasteiger partial charge in [-0.05, 0) is 189 Å². The van der Waals surface area contributed by atoms with Gasteiger partial charge in [0, 0.05) is 49.2 Å². The first-order valence-corrected chi connectivity index (χ1v) is 34.3. The van der Waals surface area contributed by atoms with E-state index in [2.05, 4.69) is 161 Å². The van der Waals surface area contributed by atoms with E-state index in [-0.39, 0.29) is 24.4 Å². The van der Waals surface area contributed by atoms with Crippen molar-refractivity contribution in [2.45, 2.75) is 309 Å². The average Bonchev–Trinajstić information content (AvgIpc) is 1.50. The molecule has 0 aromatic heterocycles. The maximum Gasteiger partial charge on any atom is 0.0352 e. The lowest BCUT2D eigenvalue weighted by Crippen LogP contribution is -2.31. The zero-order chi connectivity index (χ0) is 68.1. The molecule has 4 aromatic carbocycles. The smallest absolute Gasteiger partial charge is 0.0352 e. The van der Waals surface area contributed by atoms with Crippen LogP contribution < -0.4 is 56.9 Å². The summed E-state index contributed by atoms with van der Waals surface area (Å²) in [6, 6.07) is 38.1. The van der Waals surface area contributed by atoms with Gasteiger partial charge < -0.3 is 56.9 Å². The maximum absolute atomic E-state index is 6.21. The third kappa shape index (κ3) is 54.2. The van der Waals surface area contributed by atoms with Gasteiger partial charge in [0.2, 0.25) is 0 Å². The van der Waals surface area contributed by atoms with Crippen molar-refractivity contribution in [3.8, 4) is 0 Å². The predicted molar refractivity (Wildman–Crippen MR) is 400 cm³/mol. The van der Waals surface area contributed by atoms with Crippen LogP contribution in [0.25, 0.3) is 0 Å². The van der Waals surface area contributed by atoms with Crippen LogP contribution in [0.4, 0.5) is 0 Å². The molecule has 10 heteroatoms. The lowest BCUT2D eigenvalue weighted by molar-refractivity contribution is 0.331. The zero-order valence-corrected chi connectivity index (χ0v) is 60.3. The summed E-state index contributed by atoms with van der Waals surface area (Å²) >= 11 is 0. The second-order valence-electron chi connectivity index (χ2n) is 27.0. The molecule has 0 amide bonds. The molecular formula is C78H152N10. The van der Waals surface area contributed by atoms with E-state index in [1.165, 1.54) is 142 Å². The van der Waals surface area contributed by atoms with Gasteiger partial charge in [-0.3, -0.25) is 0 Å². The Hall–Kier alpha value is -3.52. The highest BCUT2D eigenvalue weighted by molar-refractivity contribution is 5.32. The van der Waals surface area contributed by atoms with Crippen molar-refractivity contribution in [1.29, 1.82) is 0 Å². The highest BCUT2D eigenvalue weighted by Crippen LogP contribution is 2.27. The van der Waals surface area contributed by atoms with Crippen molar-refractivity contribution in [3.05, 3.63) is 142 Å². The van der Waals surface area contributed by atoms with Crippen LogP contribution in [0.2, 0.25) is 0 Å². The Bertz CT molecular complexity index is 1990. The molecule has 3 aliphatic rings. The van der Waals surface area contributed by atoms with Gasteiger partial charge in [-0.15, -0.1) is 0 Å². The van der Waals surface area contributed by atoms with Crippen LogP contribution in [-0.4, -0.2) is 43.8 Å². The largest absolute Gasteiger partial charge is 0.330 e. The molecule has 7 rings (SSSR count). The standard InChI is InChI=1S/2C10H13N.2C9H13N.C7H15N.C7H17N.3C6H15N.C5H13N.C2H6.CH4/c1-8-10-5-3-2-4-9(10)6-7-11-8;11-10-7-3-5-8-4-1-2-6-9(8)10;1-7-3-5-9(6-4-7)8(2)10;1-9(2,10)8-6-4-3-5-7-8;1-6-4-2-3-5-7(6)8;1-2-3-4-5-6-7-8;1-5(7)6(2,3)4;1-5(2)4-6(3)7;1-2-3-4-5-6-7;1-4(2)5(3)6;1-2;/h2-5,8,11H,6-7H2,1H3;1-2,4,6,10H,3,5,7,11H2;3-6,8H,10H2,1-2H3;3-7H,10H2,1-2H3;6-7H,2-5,8H2,1H3;2-8H2,1H3;5H,7H2,1-4H3;5-6H,4,7H2,1-3H3;2-7H2,1H3;4-5H,6H2,1-3H3;1-2H3;1H4/i;;;;;;;;;;1T;. The fourth-order valence-corrected chi connectivity index (χ4v) is 8.65. The van der Waals surface area contributed by atoms with Crippen molar-refractivity contribution in [2.24, 2.45) is 74.8 Å². The van der Waals surface area contributed by atoms with Crippen LogP contribution >= 0.6 is 0 Å². The fourth-order valence-electron chi connectivity index (χ4n) is 8.65. The summed E-state index contributed by atoms with van der Waals surface area (Å²) in [5.74, 6) is 2.16. The minimum Gasteiger partial charge on any atom is -0.330 e. The minimum absolute atomic E-state index is 0. The molecule has 88 heavy (non-hydrogen) atoms. The summed E-state index contributed by atoms with van der Waals surface area (Å²) < 4.78 is 6.21. The quantitative estimate of drug-likeness (QED) is 0.0535. The number of hydrogen-bond donors (Lipinski definition) is 10. The van der Waals surface area contributed by atoms with Gasteiger partial charge in [-0.25, -0.2) is 0 Å². The lowest BCUT2D eigenvalue weighted by Gasteiger charge is -2.24. The Labute approximate surface area is 549 Å². The lowest BCUT2D eigenvalue weighted by atomic mass is 9.87. The summed E-state index contributed by atoms with van der Waals surface area (Å²) in [7, 11) is 0. The molecule has 1 saturated carbocycles. The van der Waals surface area contributed by atoms with Gasteiger partial charge in [0.05, 0.1) is 0 Å². The molecule has 1 fully saturated rings. The van der Waals surface area contributed by atoms with Crippen LogP contribution in [0.3, 0.4) is 0 Å². The van der Waals surface area contributed by atoms with E-state index >= 15 is 0 Å². The first-order chi connectivity index (χ1) is 41.3. The molecule has 514 valence electrons. The topological polar surface area (TPSA) is 246 Å². The second kappa shape index (κ2) is 58.6. The Morgan fingerprint density at radius 1 is 0.591 bits per heavy atom. The number of unbranched alkanes of at least 4 members (excludes halogenated alkanes) is 7. The zero-order valence-electron chi connectivity index (χ0n) is 61.3. The van der Waals surface area contributed by atoms with Gasteiger partial charge in [0.15, 0.2) is 0 Å². The third-order valence-corrected chi connectivity index (χ3v) is 15.7. The number of nitrogens with two attached hydrogens (primary N) is 9. The van der Waals surface area contributed by atoms with Crippen molar-refractivity contribution in [1.82, 2.24) is 5.32 Å². The predicted octanol–water partition coefficient (Wildman–Crippen LogP) is 18.2. The molecule has 8 unspecified atom stereocenters. The summed E-state index contributed by atoms with van der Waals surface area (Å²) in [6.07, 6.45) is 23.0. The van der Waals surface area contributed by atoms with Gasteiger partial charge in [-0.2, -0.15) is 0 Å². The summed E-state index contributed by atoms with van der Waals surface area (Å²) in [5, 5.41) is 3.44. The fraction of sp³-hybridized carbons (Fsp3) is 0.692. The van der Waals surface area contributed by atoms with Crippen molar-refractivity contribution < 1.29 is 1.37 Å². The van der Waals surface area contributed by atoms with Gasteiger partial charge in [0.1, 0.15) is 0 Å². The number of benzene rings is 4. The first kappa shape index (κ1) is 90.9. The number of nitrogens with one attached hydrogen (secondary N) is 1. The van der Waals surface area contributed by atoms with Crippen molar-refractivity contribution in [3.63, 3.8) is 0 Å². The van der Waals surface area contributed by atoms with Crippen molar-refractivity contribution >= 4 is 0 Å². The summed E-state index contributed by atoms with van der Waals surface area (Å²) in [4.78, 5) is 0. The first-order valence-electron chi connectivity index (χ1n) is 35.1. The molecule has 0 spiro atoms. The second-order valence-corrected chi connectivity index (χ2v) is 27.0. The Kier molecular flexibility index (Phi) is 60.5. The Balaban J connectivity index is -0.000000294. The Morgan fingerprint density at radius 3 is 1.36 bits per heavy atom. The van der Waals surface area contributed by atoms with Crippen LogP contribution in [0.1, 0.15) is 300 Å². The number of fused-ring (bicyclic) bond motifs is 2. The summed E-state index contributed by atoms with van der Waals surface area (Å²) in [6.45, 7) is 43.2. The van der Waals surface area contributed by atoms with E-state index in [1.54, 1.807) is 6.92 Å². The monoisotopic (exact) mass is 1230 g/mol. The molecule has 1 aliphatic heterocycles. The minimum atomic E-state index is -0.207. The van der Waals surface area contributed by atoms with Crippen LogP contribution in [0.15, 0.2) is 103 Å².